The number of unbranched alkanes of at least 4 members (excludes halogenated alkanes) is 32. The lowest BCUT2D eigenvalue weighted by Crippen LogP contribution is -2.30. The number of rotatable bonds is 55. The van der Waals surface area contributed by atoms with Crippen LogP contribution in [0.3, 0.4) is 0 Å². The lowest BCUT2D eigenvalue weighted by molar-refractivity contribution is -0.167. The van der Waals surface area contributed by atoms with Crippen molar-refractivity contribution in [2.75, 3.05) is 13.2 Å². The molecule has 71 heavy (non-hydrogen) atoms. The molecule has 0 spiro atoms. The van der Waals surface area contributed by atoms with E-state index in [1.54, 1.807) is 0 Å². The summed E-state index contributed by atoms with van der Waals surface area (Å²) in [5, 5.41) is 0. The summed E-state index contributed by atoms with van der Waals surface area (Å²) in [5.41, 5.74) is 0. The Morgan fingerprint density at radius 2 is 0.507 bits per heavy atom. The van der Waals surface area contributed by atoms with E-state index in [0.717, 1.165) is 103 Å². The third-order valence-corrected chi connectivity index (χ3v) is 13.2. The number of allylic oxidation sites excluding steroid dienone is 12. The van der Waals surface area contributed by atoms with Gasteiger partial charge in [0.1, 0.15) is 13.2 Å². The van der Waals surface area contributed by atoms with Gasteiger partial charge in [-0.1, -0.05) is 261 Å². The molecule has 0 N–H and O–H groups in total. The van der Waals surface area contributed by atoms with Gasteiger partial charge in [0.25, 0.3) is 0 Å². The predicted octanol–water partition coefficient (Wildman–Crippen LogP) is 20.5. The van der Waals surface area contributed by atoms with Crippen molar-refractivity contribution in [3.8, 4) is 0 Å². The Labute approximate surface area is 440 Å². The molecule has 6 heteroatoms. The summed E-state index contributed by atoms with van der Waals surface area (Å²) in [7, 11) is 0. The summed E-state index contributed by atoms with van der Waals surface area (Å²) in [6, 6.07) is 0. The van der Waals surface area contributed by atoms with Gasteiger partial charge in [-0.3, -0.25) is 14.4 Å². The van der Waals surface area contributed by atoms with Crippen LogP contribution in [0, 0.1) is 0 Å². The minimum Gasteiger partial charge on any atom is -0.462 e. The average molecular weight is 992 g/mol. The zero-order chi connectivity index (χ0) is 51.4. The largest absolute Gasteiger partial charge is 0.462 e. The quantitative estimate of drug-likeness (QED) is 0.0261. The lowest BCUT2D eigenvalue weighted by Gasteiger charge is -2.18. The Hall–Kier alpha value is -3.15. The highest BCUT2D eigenvalue weighted by molar-refractivity contribution is 5.71. The van der Waals surface area contributed by atoms with Crippen molar-refractivity contribution >= 4 is 17.9 Å². The third kappa shape index (κ3) is 57.6. The van der Waals surface area contributed by atoms with Crippen molar-refractivity contribution in [2.24, 2.45) is 0 Å². The fourth-order valence-corrected chi connectivity index (χ4v) is 8.57. The van der Waals surface area contributed by atoms with Crippen LogP contribution in [0.15, 0.2) is 72.9 Å². The van der Waals surface area contributed by atoms with Crippen LogP contribution in [-0.2, 0) is 28.6 Å². The number of ether oxygens (including phenoxy) is 3. The molecule has 0 radical (unpaired) electrons. The van der Waals surface area contributed by atoms with Gasteiger partial charge >= 0.3 is 17.9 Å². The second-order valence-corrected chi connectivity index (χ2v) is 20.3. The van der Waals surface area contributed by atoms with E-state index >= 15 is 0 Å². The summed E-state index contributed by atoms with van der Waals surface area (Å²) >= 11 is 0. The summed E-state index contributed by atoms with van der Waals surface area (Å²) in [5.74, 6) is -0.895. The van der Waals surface area contributed by atoms with Gasteiger partial charge in [-0.25, -0.2) is 0 Å². The van der Waals surface area contributed by atoms with Gasteiger partial charge in [-0.2, -0.15) is 0 Å². The Balaban J connectivity index is 4.29. The first-order valence-electron chi connectivity index (χ1n) is 30.4. The molecular weight excluding hydrogens is 877 g/mol. The topological polar surface area (TPSA) is 78.9 Å². The van der Waals surface area contributed by atoms with Crippen LogP contribution in [0.2, 0.25) is 0 Å². The van der Waals surface area contributed by atoms with Crippen molar-refractivity contribution < 1.29 is 28.6 Å². The highest BCUT2D eigenvalue weighted by Gasteiger charge is 2.19. The summed E-state index contributed by atoms with van der Waals surface area (Å²) in [4.78, 5) is 38.1. The van der Waals surface area contributed by atoms with Gasteiger partial charge < -0.3 is 14.2 Å². The molecule has 0 rings (SSSR count). The van der Waals surface area contributed by atoms with Crippen molar-refractivity contribution in [1.29, 1.82) is 0 Å². The maximum absolute atomic E-state index is 12.9. The van der Waals surface area contributed by atoms with Crippen LogP contribution >= 0.6 is 0 Å². The van der Waals surface area contributed by atoms with Gasteiger partial charge in [0.05, 0.1) is 0 Å². The molecule has 0 fully saturated rings. The molecule has 1 unspecified atom stereocenters. The monoisotopic (exact) mass is 991 g/mol. The van der Waals surface area contributed by atoms with E-state index < -0.39 is 6.10 Å². The Bertz CT molecular complexity index is 1320. The van der Waals surface area contributed by atoms with E-state index in [9.17, 15) is 14.4 Å². The maximum atomic E-state index is 12.9. The number of carbonyl (C=O) groups excluding carboxylic acids is 3. The van der Waals surface area contributed by atoms with E-state index in [1.165, 1.54) is 161 Å². The zero-order valence-corrected chi connectivity index (χ0v) is 47.0. The van der Waals surface area contributed by atoms with Crippen molar-refractivity contribution in [3.05, 3.63) is 72.9 Å². The maximum Gasteiger partial charge on any atom is 0.306 e. The van der Waals surface area contributed by atoms with Crippen molar-refractivity contribution in [3.63, 3.8) is 0 Å². The highest BCUT2D eigenvalue weighted by atomic mass is 16.6. The first-order valence-corrected chi connectivity index (χ1v) is 30.4. The minimum absolute atomic E-state index is 0.0816. The molecule has 0 aliphatic heterocycles. The number of carbonyl (C=O) groups is 3. The average Bonchev–Trinajstić information content (AvgIpc) is 3.37. The normalized spacial score (nSPS) is 12.5. The van der Waals surface area contributed by atoms with E-state index in [-0.39, 0.29) is 31.1 Å². The second kappa shape index (κ2) is 59.4. The zero-order valence-electron chi connectivity index (χ0n) is 47.0. The molecular formula is C65H114O6. The smallest absolute Gasteiger partial charge is 0.306 e. The molecule has 0 heterocycles. The Kier molecular flexibility index (Phi) is 56.8. The number of esters is 3. The molecule has 0 aliphatic rings. The van der Waals surface area contributed by atoms with Crippen LogP contribution in [0.1, 0.15) is 303 Å². The van der Waals surface area contributed by atoms with Gasteiger partial charge in [0.2, 0.25) is 0 Å². The first-order chi connectivity index (χ1) is 35.0. The fourth-order valence-electron chi connectivity index (χ4n) is 8.57. The fraction of sp³-hybridized carbons (Fsp3) is 0.769. The molecule has 0 aromatic heterocycles. The van der Waals surface area contributed by atoms with E-state index in [1.807, 2.05) is 0 Å². The Morgan fingerprint density at radius 3 is 0.789 bits per heavy atom. The summed E-state index contributed by atoms with van der Waals surface area (Å²) in [6.07, 6.45) is 76.2. The lowest BCUT2D eigenvalue weighted by atomic mass is 10.1. The Morgan fingerprint density at radius 1 is 0.282 bits per heavy atom. The van der Waals surface area contributed by atoms with Crippen LogP contribution < -0.4 is 0 Å². The molecule has 1 atom stereocenters. The second-order valence-electron chi connectivity index (χ2n) is 20.3. The standard InChI is InChI=1S/C65H114O6/c1-4-7-10-13-16-19-21-23-25-27-29-31-32-34-35-37-39-41-43-46-49-52-55-58-64(67)70-61-62(60-69-63(66)57-54-51-48-45-18-15-12-9-6-3)71-65(68)59-56-53-50-47-44-42-40-38-36-33-30-28-26-24-22-20-17-14-11-8-5-2/h21-24,27-30,32,34,36,38,62H,4-20,25-26,31,33,35,37,39-61H2,1-3H3/b23-21-,24-22-,29-27-,30-28-,34-32-,38-36-. The molecule has 0 aliphatic carbocycles. The molecule has 0 amide bonds. The molecule has 0 aromatic rings. The third-order valence-electron chi connectivity index (χ3n) is 13.2. The molecule has 0 aromatic carbocycles. The predicted molar refractivity (Wildman–Crippen MR) is 307 cm³/mol. The summed E-state index contributed by atoms with van der Waals surface area (Å²) < 4.78 is 16.8. The van der Waals surface area contributed by atoms with E-state index in [2.05, 4.69) is 93.7 Å². The van der Waals surface area contributed by atoms with Gasteiger partial charge in [0, 0.05) is 19.3 Å². The minimum atomic E-state index is -0.784. The number of hydrogen-bond acceptors (Lipinski definition) is 6. The molecule has 0 saturated heterocycles. The van der Waals surface area contributed by atoms with E-state index in [4.69, 9.17) is 14.2 Å². The molecule has 0 saturated carbocycles. The van der Waals surface area contributed by atoms with Gasteiger partial charge in [-0.05, 0) is 96.3 Å². The van der Waals surface area contributed by atoms with Crippen LogP contribution in [0.4, 0.5) is 0 Å². The highest BCUT2D eigenvalue weighted by Crippen LogP contribution is 2.15. The molecule has 410 valence electrons. The summed E-state index contributed by atoms with van der Waals surface area (Å²) in [6.45, 7) is 6.60. The van der Waals surface area contributed by atoms with Crippen LogP contribution in [0.25, 0.3) is 0 Å². The van der Waals surface area contributed by atoms with E-state index in [0.29, 0.717) is 19.3 Å². The molecule has 0 bridgehead atoms. The van der Waals surface area contributed by atoms with Crippen molar-refractivity contribution in [2.45, 2.75) is 309 Å². The van der Waals surface area contributed by atoms with Gasteiger partial charge in [-0.15, -0.1) is 0 Å². The van der Waals surface area contributed by atoms with Crippen molar-refractivity contribution in [1.82, 2.24) is 0 Å². The first kappa shape index (κ1) is 67.8. The van der Waals surface area contributed by atoms with Crippen LogP contribution in [0.5, 0.6) is 0 Å². The number of hydrogen-bond donors (Lipinski definition) is 0. The SMILES string of the molecule is CCCCCCC/C=C\C/C=C\C/C=C\CCCCCCCCCCC(=O)OCC(COC(=O)CCCCCCCCCCC)OC(=O)CCCCCCCC/C=C\C/C=C\C/C=C\CCCCCCC. The van der Waals surface area contributed by atoms with Crippen LogP contribution in [-0.4, -0.2) is 37.2 Å². The van der Waals surface area contributed by atoms with Gasteiger partial charge in [0.15, 0.2) is 6.10 Å². The molecule has 6 nitrogen and oxygen atoms in total.